The molecule has 0 bridgehead atoms. The zero-order chi connectivity index (χ0) is 14.4. The quantitative estimate of drug-likeness (QED) is 0.809. The summed E-state index contributed by atoms with van der Waals surface area (Å²) in [6.45, 7) is 2.25. The summed E-state index contributed by atoms with van der Waals surface area (Å²) in [5, 5.41) is 16.3. The van der Waals surface area contributed by atoms with Gasteiger partial charge in [0.05, 0.1) is 6.61 Å². The predicted molar refractivity (Wildman–Crippen MR) is 83.3 cm³/mol. The van der Waals surface area contributed by atoms with E-state index in [9.17, 15) is 0 Å². The van der Waals surface area contributed by atoms with Gasteiger partial charge in [-0.3, -0.25) is 0 Å². The Morgan fingerprint density at radius 1 is 1.05 bits per heavy atom. The lowest BCUT2D eigenvalue weighted by atomic mass is 9.89. The first kappa shape index (κ1) is 14.5. The van der Waals surface area contributed by atoms with Gasteiger partial charge in [0.1, 0.15) is 0 Å². The van der Waals surface area contributed by atoms with E-state index in [0.29, 0.717) is 0 Å². The fraction of sp³-hybridized carbons (Fsp3) is 0.278. The number of aliphatic hydroxyl groups is 1. The monoisotopic (exact) mass is 267 g/mol. The van der Waals surface area contributed by atoms with Crippen molar-refractivity contribution in [2.24, 2.45) is 0 Å². The SMILES string of the molecule is Cc1ccc2c(c1)CCCC2=N.OCc1ccccc1. The van der Waals surface area contributed by atoms with Crippen LogP contribution in [0.2, 0.25) is 0 Å². The van der Waals surface area contributed by atoms with E-state index in [0.717, 1.165) is 30.5 Å². The van der Waals surface area contributed by atoms with E-state index in [-0.39, 0.29) is 6.61 Å². The van der Waals surface area contributed by atoms with Gasteiger partial charge in [0.25, 0.3) is 0 Å². The Bertz CT molecular complexity index is 575. The van der Waals surface area contributed by atoms with Crippen LogP contribution in [0.15, 0.2) is 48.5 Å². The Morgan fingerprint density at radius 3 is 2.45 bits per heavy atom. The largest absolute Gasteiger partial charge is 0.392 e. The van der Waals surface area contributed by atoms with Crippen LogP contribution < -0.4 is 0 Å². The van der Waals surface area contributed by atoms with Crippen molar-refractivity contribution in [2.75, 3.05) is 0 Å². The molecule has 0 amide bonds. The lowest BCUT2D eigenvalue weighted by molar-refractivity contribution is 0.282. The van der Waals surface area contributed by atoms with Crippen molar-refractivity contribution in [3.8, 4) is 0 Å². The number of aryl methyl sites for hydroxylation is 2. The van der Waals surface area contributed by atoms with Crippen LogP contribution in [0.4, 0.5) is 0 Å². The molecule has 104 valence electrons. The van der Waals surface area contributed by atoms with E-state index in [1.807, 2.05) is 30.3 Å². The minimum atomic E-state index is 0.140. The summed E-state index contributed by atoms with van der Waals surface area (Å²) in [6, 6.07) is 15.9. The molecule has 2 heteroatoms. The van der Waals surface area contributed by atoms with Crippen LogP contribution in [0.25, 0.3) is 0 Å². The summed E-state index contributed by atoms with van der Waals surface area (Å²) in [6.07, 6.45) is 3.25. The maximum atomic E-state index is 8.54. The highest BCUT2D eigenvalue weighted by Crippen LogP contribution is 2.21. The lowest BCUT2D eigenvalue weighted by Crippen LogP contribution is -2.10. The molecule has 0 atom stereocenters. The van der Waals surface area contributed by atoms with E-state index < -0.39 is 0 Å². The van der Waals surface area contributed by atoms with Crippen molar-refractivity contribution in [2.45, 2.75) is 32.8 Å². The highest BCUT2D eigenvalue weighted by molar-refractivity contribution is 6.00. The molecule has 0 heterocycles. The maximum Gasteiger partial charge on any atom is 0.0681 e. The average molecular weight is 267 g/mol. The molecular formula is C18H21NO. The third-order valence-electron chi connectivity index (χ3n) is 3.48. The molecule has 0 fully saturated rings. The van der Waals surface area contributed by atoms with Crippen LogP contribution in [0, 0.1) is 12.3 Å². The van der Waals surface area contributed by atoms with Crippen molar-refractivity contribution in [1.29, 1.82) is 5.41 Å². The summed E-state index contributed by atoms with van der Waals surface area (Å²) < 4.78 is 0. The van der Waals surface area contributed by atoms with Gasteiger partial charge in [-0.15, -0.1) is 0 Å². The molecule has 1 aliphatic rings. The Morgan fingerprint density at radius 2 is 1.80 bits per heavy atom. The predicted octanol–water partition coefficient (Wildman–Crippen LogP) is 3.88. The minimum absolute atomic E-state index is 0.140. The number of rotatable bonds is 1. The second-order valence-corrected chi connectivity index (χ2v) is 5.14. The van der Waals surface area contributed by atoms with Crippen LogP contribution in [0.5, 0.6) is 0 Å². The molecule has 0 saturated heterocycles. The summed E-state index contributed by atoms with van der Waals surface area (Å²) in [5.74, 6) is 0. The molecule has 0 unspecified atom stereocenters. The second kappa shape index (κ2) is 7.01. The van der Waals surface area contributed by atoms with Crippen molar-refractivity contribution >= 4 is 5.71 Å². The molecule has 0 spiro atoms. The van der Waals surface area contributed by atoms with E-state index in [1.165, 1.54) is 16.7 Å². The fourth-order valence-electron chi connectivity index (χ4n) is 2.40. The number of fused-ring (bicyclic) bond motifs is 1. The molecule has 0 aromatic heterocycles. The van der Waals surface area contributed by atoms with E-state index in [2.05, 4.69) is 25.1 Å². The Hall–Kier alpha value is -1.93. The number of nitrogens with one attached hydrogen (secondary N) is 1. The third kappa shape index (κ3) is 3.78. The van der Waals surface area contributed by atoms with Crippen LogP contribution in [-0.2, 0) is 13.0 Å². The van der Waals surface area contributed by atoms with Gasteiger partial charge < -0.3 is 10.5 Å². The average Bonchev–Trinajstić information content (AvgIpc) is 2.49. The van der Waals surface area contributed by atoms with Crippen LogP contribution in [0.3, 0.4) is 0 Å². The van der Waals surface area contributed by atoms with Crippen molar-refractivity contribution in [3.63, 3.8) is 0 Å². The molecule has 3 rings (SSSR count). The molecule has 0 saturated carbocycles. The highest BCUT2D eigenvalue weighted by Gasteiger charge is 2.12. The first-order valence-corrected chi connectivity index (χ1v) is 7.03. The van der Waals surface area contributed by atoms with Crippen LogP contribution in [-0.4, -0.2) is 10.8 Å². The lowest BCUT2D eigenvalue weighted by Gasteiger charge is -2.16. The number of hydrogen-bond acceptors (Lipinski definition) is 2. The maximum absolute atomic E-state index is 8.54. The van der Waals surface area contributed by atoms with Crippen LogP contribution in [0.1, 0.15) is 35.1 Å². The van der Waals surface area contributed by atoms with Gasteiger partial charge in [0, 0.05) is 5.71 Å². The molecular weight excluding hydrogens is 246 g/mol. The molecule has 0 aliphatic heterocycles. The van der Waals surface area contributed by atoms with Gasteiger partial charge in [0.15, 0.2) is 0 Å². The number of aliphatic hydroxyl groups excluding tert-OH is 1. The topological polar surface area (TPSA) is 44.1 Å². The van der Waals surface area contributed by atoms with E-state index >= 15 is 0 Å². The number of hydrogen-bond donors (Lipinski definition) is 2. The smallest absolute Gasteiger partial charge is 0.0681 e. The van der Waals surface area contributed by atoms with E-state index in [4.69, 9.17) is 10.5 Å². The van der Waals surface area contributed by atoms with Gasteiger partial charge in [-0.2, -0.15) is 0 Å². The molecule has 20 heavy (non-hydrogen) atoms. The normalized spacial score (nSPS) is 13.2. The van der Waals surface area contributed by atoms with Gasteiger partial charge >= 0.3 is 0 Å². The highest BCUT2D eigenvalue weighted by atomic mass is 16.3. The third-order valence-corrected chi connectivity index (χ3v) is 3.48. The summed E-state index contributed by atoms with van der Waals surface area (Å²) in [5.41, 5.74) is 5.63. The Labute approximate surface area is 120 Å². The van der Waals surface area contributed by atoms with Crippen molar-refractivity contribution < 1.29 is 5.11 Å². The van der Waals surface area contributed by atoms with Gasteiger partial charge in [-0.05, 0) is 42.9 Å². The molecule has 2 nitrogen and oxygen atoms in total. The first-order chi connectivity index (χ1) is 9.70. The standard InChI is InChI=1S/C11H13N.C7H8O/c1-8-5-6-10-9(7-8)3-2-4-11(10)12;8-6-7-4-2-1-3-5-7/h5-7,12H,2-4H2,1H3;1-5,8H,6H2. The Balaban J connectivity index is 0.000000160. The van der Waals surface area contributed by atoms with Crippen molar-refractivity contribution in [3.05, 3.63) is 70.8 Å². The Kier molecular flexibility index (Phi) is 5.08. The van der Waals surface area contributed by atoms with Crippen LogP contribution >= 0.6 is 0 Å². The number of benzene rings is 2. The molecule has 2 aromatic carbocycles. The molecule has 2 aromatic rings. The fourth-order valence-corrected chi connectivity index (χ4v) is 2.40. The minimum Gasteiger partial charge on any atom is -0.392 e. The van der Waals surface area contributed by atoms with Gasteiger partial charge in [-0.25, -0.2) is 0 Å². The summed E-state index contributed by atoms with van der Waals surface area (Å²) in [7, 11) is 0. The zero-order valence-electron chi connectivity index (χ0n) is 11.9. The zero-order valence-corrected chi connectivity index (χ0v) is 11.9. The summed E-state index contributed by atoms with van der Waals surface area (Å²) >= 11 is 0. The van der Waals surface area contributed by atoms with Gasteiger partial charge in [0.2, 0.25) is 0 Å². The van der Waals surface area contributed by atoms with E-state index in [1.54, 1.807) is 0 Å². The molecule has 2 N–H and O–H groups in total. The first-order valence-electron chi connectivity index (χ1n) is 7.03. The van der Waals surface area contributed by atoms with Crippen molar-refractivity contribution in [1.82, 2.24) is 0 Å². The molecule has 1 aliphatic carbocycles. The molecule has 0 radical (unpaired) electrons. The second-order valence-electron chi connectivity index (χ2n) is 5.14. The van der Waals surface area contributed by atoms with Gasteiger partial charge in [-0.1, -0.05) is 54.1 Å². The summed E-state index contributed by atoms with van der Waals surface area (Å²) in [4.78, 5) is 0.